The van der Waals surface area contributed by atoms with Gasteiger partial charge in [0, 0.05) is 12.8 Å². The van der Waals surface area contributed by atoms with E-state index in [9.17, 15) is 14.4 Å². The molecule has 1 amide bonds. The van der Waals surface area contributed by atoms with Gasteiger partial charge in [0.05, 0.1) is 0 Å². The number of esters is 1. The number of rotatable bonds is 25. The highest BCUT2D eigenvalue weighted by atomic mass is 16.5. The molecule has 0 saturated heterocycles. The van der Waals surface area contributed by atoms with E-state index in [0.717, 1.165) is 70.6 Å². The Balaban J connectivity index is 4.05. The molecular weight excluding hydrogens is 454 g/mol. The quantitative estimate of drug-likeness (QED) is 0.0751. The number of amides is 1. The minimum atomic E-state index is -1.03. The average molecular weight is 508 g/mol. The summed E-state index contributed by atoms with van der Waals surface area (Å²) < 4.78 is 5.77. The molecule has 0 spiro atoms. The minimum Gasteiger partial charge on any atom is -0.480 e. The van der Waals surface area contributed by atoms with Crippen LogP contribution in [0, 0.1) is 0 Å². The zero-order valence-electron chi connectivity index (χ0n) is 23.1. The van der Waals surface area contributed by atoms with Gasteiger partial charge in [-0.25, -0.2) is 0 Å². The lowest BCUT2D eigenvalue weighted by Crippen LogP contribution is -2.28. The topological polar surface area (TPSA) is 92.7 Å². The Morgan fingerprint density at radius 2 is 1.28 bits per heavy atom. The fourth-order valence-corrected chi connectivity index (χ4v) is 3.86. The van der Waals surface area contributed by atoms with E-state index in [-0.39, 0.29) is 24.5 Å². The molecule has 0 radical (unpaired) electrons. The molecule has 0 aromatic rings. The summed E-state index contributed by atoms with van der Waals surface area (Å²) in [6.07, 6.45) is 27.5. The number of hydrogen-bond acceptors (Lipinski definition) is 4. The molecule has 6 heteroatoms. The fraction of sp³-hybridized carbons (Fsp3) is 0.767. The molecule has 1 unspecified atom stereocenters. The minimum absolute atomic E-state index is 0.103. The summed E-state index contributed by atoms with van der Waals surface area (Å²) in [5, 5.41) is 11.0. The highest BCUT2D eigenvalue weighted by Crippen LogP contribution is 2.14. The molecule has 0 aromatic carbocycles. The predicted molar refractivity (Wildman–Crippen MR) is 148 cm³/mol. The average Bonchev–Trinajstić information content (AvgIpc) is 2.85. The number of nitrogens with one attached hydrogen (secondary N) is 1. The van der Waals surface area contributed by atoms with Crippen molar-refractivity contribution in [2.75, 3.05) is 6.54 Å². The molecule has 0 fully saturated rings. The van der Waals surface area contributed by atoms with Gasteiger partial charge in [0.1, 0.15) is 12.6 Å². The van der Waals surface area contributed by atoms with Crippen molar-refractivity contribution in [1.82, 2.24) is 5.32 Å². The van der Waals surface area contributed by atoms with Crippen molar-refractivity contribution in [3.63, 3.8) is 0 Å². The summed E-state index contributed by atoms with van der Waals surface area (Å²) in [6, 6.07) is 0. The van der Waals surface area contributed by atoms with Crippen LogP contribution in [0.3, 0.4) is 0 Å². The molecule has 0 bridgehead atoms. The third-order valence-electron chi connectivity index (χ3n) is 6.08. The second-order valence-corrected chi connectivity index (χ2v) is 9.64. The van der Waals surface area contributed by atoms with E-state index in [1.54, 1.807) is 0 Å². The Morgan fingerprint density at radius 1 is 0.722 bits per heavy atom. The molecule has 1 atom stereocenters. The summed E-state index contributed by atoms with van der Waals surface area (Å²) in [4.78, 5) is 34.4. The van der Waals surface area contributed by atoms with Gasteiger partial charge < -0.3 is 15.2 Å². The zero-order valence-corrected chi connectivity index (χ0v) is 23.1. The van der Waals surface area contributed by atoms with Crippen LogP contribution in [0.15, 0.2) is 24.3 Å². The Kier molecular flexibility index (Phi) is 24.4. The number of carboxylic acid groups (broad SMARTS) is 1. The van der Waals surface area contributed by atoms with Crippen LogP contribution in [0.25, 0.3) is 0 Å². The molecular formula is C30H53NO5. The van der Waals surface area contributed by atoms with Gasteiger partial charge in [0.25, 0.3) is 0 Å². The maximum atomic E-state index is 12.4. The van der Waals surface area contributed by atoms with Gasteiger partial charge >= 0.3 is 11.9 Å². The highest BCUT2D eigenvalue weighted by Gasteiger charge is 2.11. The van der Waals surface area contributed by atoms with Crippen LogP contribution in [0.2, 0.25) is 0 Å². The van der Waals surface area contributed by atoms with Crippen LogP contribution in [-0.4, -0.2) is 35.6 Å². The summed E-state index contributed by atoms with van der Waals surface area (Å²) in [6.45, 7) is 4.06. The smallest absolute Gasteiger partial charge is 0.322 e. The molecule has 0 rings (SSSR count). The van der Waals surface area contributed by atoms with Crippen molar-refractivity contribution in [3.8, 4) is 0 Å². The predicted octanol–water partition coefficient (Wildman–Crippen LogP) is 7.66. The standard InChI is InChI=1S/C30H53NO5/c1-3-5-7-9-10-11-12-13-14-15-21-25-30(35)36-27(22-18-8-6-4-2)23-19-16-17-20-24-28(32)31-26-29(33)34/h9-10,18,22,27H,3-8,11-17,19-21,23-26H2,1-2H3,(H,31,32)(H,33,34)/b10-9-,22-18-. The lowest BCUT2D eigenvalue weighted by Gasteiger charge is -2.15. The van der Waals surface area contributed by atoms with Crippen LogP contribution < -0.4 is 5.32 Å². The Labute approximate surface area is 220 Å². The number of ether oxygens (including phenoxy) is 1. The first-order chi connectivity index (χ1) is 17.5. The Bertz CT molecular complexity index is 614. The molecule has 0 heterocycles. The van der Waals surface area contributed by atoms with Gasteiger partial charge in [0.15, 0.2) is 0 Å². The van der Waals surface area contributed by atoms with Crippen LogP contribution in [0.4, 0.5) is 0 Å². The largest absolute Gasteiger partial charge is 0.480 e. The first-order valence-corrected chi connectivity index (χ1v) is 14.5. The Hall–Kier alpha value is -2.11. The highest BCUT2D eigenvalue weighted by molar-refractivity contribution is 5.80. The number of aliphatic carboxylic acids is 1. The Morgan fingerprint density at radius 3 is 1.94 bits per heavy atom. The first-order valence-electron chi connectivity index (χ1n) is 14.5. The second-order valence-electron chi connectivity index (χ2n) is 9.64. The van der Waals surface area contributed by atoms with E-state index >= 15 is 0 Å². The molecule has 0 aliphatic carbocycles. The molecule has 36 heavy (non-hydrogen) atoms. The summed E-state index contributed by atoms with van der Waals surface area (Å²) >= 11 is 0. The van der Waals surface area contributed by atoms with Crippen molar-refractivity contribution in [2.24, 2.45) is 0 Å². The number of carbonyl (C=O) groups excluding carboxylic acids is 2. The molecule has 0 saturated carbocycles. The SMILES string of the molecule is CCCC/C=C\CCCCCCCC(=O)OC(/C=C\CCCC)CCCCCCC(=O)NCC(=O)O. The number of allylic oxidation sites excluding steroid dienone is 3. The van der Waals surface area contributed by atoms with Gasteiger partial charge in [-0.1, -0.05) is 89.9 Å². The third kappa shape index (κ3) is 25.0. The molecule has 2 N–H and O–H groups in total. The monoisotopic (exact) mass is 507 g/mol. The number of carboxylic acids is 1. The van der Waals surface area contributed by atoms with Crippen molar-refractivity contribution in [2.45, 2.75) is 142 Å². The fourth-order valence-electron chi connectivity index (χ4n) is 3.86. The first kappa shape index (κ1) is 33.9. The summed E-state index contributed by atoms with van der Waals surface area (Å²) in [7, 11) is 0. The van der Waals surface area contributed by atoms with E-state index in [1.807, 2.05) is 6.08 Å². The lowest BCUT2D eigenvalue weighted by molar-refractivity contribution is -0.147. The van der Waals surface area contributed by atoms with Gasteiger partial charge in [0.2, 0.25) is 5.91 Å². The van der Waals surface area contributed by atoms with Crippen molar-refractivity contribution < 1.29 is 24.2 Å². The normalized spacial score (nSPS) is 12.3. The van der Waals surface area contributed by atoms with Crippen molar-refractivity contribution in [3.05, 3.63) is 24.3 Å². The van der Waals surface area contributed by atoms with Gasteiger partial charge in [-0.3, -0.25) is 14.4 Å². The van der Waals surface area contributed by atoms with E-state index in [1.165, 1.54) is 38.5 Å². The van der Waals surface area contributed by atoms with E-state index in [4.69, 9.17) is 9.84 Å². The molecule has 6 nitrogen and oxygen atoms in total. The zero-order chi connectivity index (χ0) is 26.7. The van der Waals surface area contributed by atoms with Crippen LogP contribution in [-0.2, 0) is 19.1 Å². The van der Waals surface area contributed by atoms with Gasteiger partial charge in [-0.15, -0.1) is 0 Å². The summed E-state index contributed by atoms with van der Waals surface area (Å²) in [5.74, 6) is -1.35. The third-order valence-corrected chi connectivity index (χ3v) is 6.08. The number of carbonyl (C=O) groups is 3. The second kappa shape index (κ2) is 26.0. The van der Waals surface area contributed by atoms with Gasteiger partial charge in [-0.2, -0.15) is 0 Å². The van der Waals surface area contributed by atoms with E-state index < -0.39 is 5.97 Å². The van der Waals surface area contributed by atoms with Crippen LogP contribution in [0.1, 0.15) is 136 Å². The molecule has 208 valence electrons. The van der Waals surface area contributed by atoms with E-state index in [2.05, 4.69) is 37.4 Å². The summed E-state index contributed by atoms with van der Waals surface area (Å²) in [5.41, 5.74) is 0. The molecule has 0 aromatic heterocycles. The van der Waals surface area contributed by atoms with Gasteiger partial charge in [-0.05, 0) is 57.4 Å². The molecule has 0 aliphatic heterocycles. The van der Waals surface area contributed by atoms with Crippen molar-refractivity contribution in [1.29, 1.82) is 0 Å². The number of hydrogen-bond donors (Lipinski definition) is 2. The van der Waals surface area contributed by atoms with Crippen LogP contribution in [0.5, 0.6) is 0 Å². The van der Waals surface area contributed by atoms with E-state index in [0.29, 0.717) is 12.8 Å². The maximum absolute atomic E-state index is 12.4. The number of unbranched alkanes of at least 4 members (excludes halogenated alkanes) is 12. The maximum Gasteiger partial charge on any atom is 0.322 e. The molecule has 0 aliphatic rings. The van der Waals surface area contributed by atoms with Crippen molar-refractivity contribution >= 4 is 17.8 Å². The van der Waals surface area contributed by atoms with Crippen LogP contribution >= 0.6 is 0 Å². The lowest BCUT2D eigenvalue weighted by atomic mass is 10.1.